The first kappa shape index (κ1) is 20.0. The van der Waals surface area contributed by atoms with Crippen LogP contribution in [-0.4, -0.2) is 0 Å². The van der Waals surface area contributed by atoms with E-state index in [0.717, 1.165) is 47.1 Å². The summed E-state index contributed by atoms with van der Waals surface area (Å²) in [6.07, 6.45) is 0. The molecule has 160 valence electrons. The fourth-order valence-corrected chi connectivity index (χ4v) is 3.70. The third-order valence-corrected chi connectivity index (χ3v) is 5.57. The minimum absolute atomic E-state index is 0.515. The molecule has 0 aromatic heterocycles. The Morgan fingerprint density at radius 2 is 0.812 bits per heavy atom. The van der Waals surface area contributed by atoms with Gasteiger partial charge in [-0.2, -0.15) is 0 Å². The van der Waals surface area contributed by atoms with Crippen molar-refractivity contribution in [1.29, 1.82) is 0 Å². The number of rotatable bonds is 0. The summed E-state index contributed by atoms with van der Waals surface area (Å²) in [5.74, 6) is 1.71. The van der Waals surface area contributed by atoms with Crippen molar-refractivity contribution in [2.75, 3.05) is 10.6 Å². The topological polar surface area (TPSA) is 42.5 Å². The van der Waals surface area contributed by atoms with Gasteiger partial charge in [0.05, 0.1) is 11.4 Å². The third kappa shape index (κ3) is 4.86. The highest BCUT2D eigenvalue weighted by Crippen LogP contribution is 2.27. The average molecular weight is 423 g/mol. The Morgan fingerprint density at radius 3 is 1.25 bits per heavy atom. The summed E-state index contributed by atoms with van der Waals surface area (Å²) in [6, 6.07) is 33.2. The van der Waals surface area contributed by atoms with Gasteiger partial charge in [0.25, 0.3) is 0 Å². The lowest BCUT2D eigenvalue weighted by molar-refractivity contribution is 0.304. The second-order valence-corrected chi connectivity index (χ2v) is 7.91. The van der Waals surface area contributed by atoms with Crippen LogP contribution in [0.2, 0.25) is 0 Å². The summed E-state index contributed by atoms with van der Waals surface area (Å²) >= 11 is 0. The van der Waals surface area contributed by atoms with Crippen LogP contribution in [0.25, 0.3) is 0 Å². The Labute approximate surface area is 188 Å². The smallest absolute Gasteiger partial charge is 0.142 e. The van der Waals surface area contributed by atoms with Crippen molar-refractivity contribution in [1.82, 2.24) is 0 Å². The van der Waals surface area contributed by atoms with Gasteiger partial charge in [-0.1, -0.05) is 72.8 Å². The molecule has 32 heavy (non-hydrogen) atoms. The molecule has 4 aromatic carbocycles. The molecule has 2 N–H and O–H groups in total. The van der Waals surface area contributed by atoms with E-state index in [-0.39, 0.29) is 0 Å². The number of benzene rings is 4. The molecular formula is C28H26N2O2. The normalized spacial score (nSPS) is 13.5. The van der Waals surface area contributed by atoms with Crippen LogP contribution >= 0.6 is 0 Å². The van der Waals surface area contributed by atoms with Gasteiger partial charge in [-0.25, -0.2) is 0 Å². The minimum atomic E-state index is 0.515. The molecule has 0 saturated carbocycles. The standard InChI is InChI=1S/C28H26N2O2/c1-3-7-27-25(5-1)29-17-21-9-11-22(12-10-21)18-30-26-6-2-4-8-28(26)32-20-24-15-13-23(14-16-24)19-31-27/h1-16,29-30H,17-20H2. The first-order valence-electron chi connectivity index (χ1n) is 10.9. The molecule has 4 heteroatoms. The number of nitrogens with one attached hydrogen (secondary N) is 2. The zero-order valence-electron chi connectivity index (χ0n) is 17.9. The lowest BCUT2D eigenvalue weighted by Crippen LogP contribution is -2.05. The van der Waals surface area contributed by atoms with Crippen LogP contribution in [0.3, 0.4) is 0 Å². The molecule has 4 aromatic rings. The molecule has 4 nitrogen and oxygen atoms in total. The highest BCUT2D eigenvalue weighted by Gasteiger charge is 2.07. The number of anilines is 2. The molecule has 8 rings (SSSR count). The third-order valence-electron chi connectivity index (χ3n) is 5.57. The van der Waals surface area contributed by atoms with E-state index in [1.807, 2.05) is 36.4 Å². The SMILES string of the molecule is c1ccc2c(c1)NCc1ccc(cc1)CNc1ccccc1OCc1ccc(cc1)CO2. The van der Waals surface area contributed by atoms with Crippen LogP contribution < -0.4 is 20.1 Å². The van der Waals surface area contributed by atoms with Crippen molar-refractivity contribution in [3.63, 3.8) is 0 Å². The lowest BCUT2D eigenvalue weighted by atomic mass is 10.1. The number of hydrogen-bond acceptors (Lipinski definition) is 4. The van der Waals surface area contributed by atoms with Gasteiger partial charge in [-0.05, 0) is 46.5 Å². The van der Waals surface area contributed by atoms with E-state index in [9.17, 15) is 0 Å². The van der Waals surface area contributed by atoms with E-state index in [2.05, 4.69) is 71.3 Å². The van der Waals surface area contributed by atoms with Crippen LogP contribution in [0, 0.1) is 0 Å². The summed E-state index contributed by atoms with van der Waals surface area (Å²) < 4.78 is 12.2. The van der Waals surface area contributed by atoms with Crippen LogP contribution in [0.5, 0.6) is 11.5 Å². The van der Waals surface area contributed by atoms with Crippen molar-refractivity contribution in [3.8, 4) is 11.5 Å². The van der Waals surface area contributed by atoms with Crippen molar-refractivity contribution in [2.24, 2.45) is 0 Å². The molecule has 0 radical (unpaired) electrons. The molecule has 4 aliphatic heterocycles. The van der Waals surface area contributed by atoms with Crippen molar-refractivity contribution < 1.29 is 9.47 Å². The largest absolute Gasteiger partial charge is 0.487 e. The Balaban J connectivity index is 1.42. The zero-order chi connectivity index (χ0) is 21.6. The van der Waals surface area contributed by atoms with Crippen LogP contribution in [0.1, 0.15) is 22.3 Å². The molecule has 0 atom stereocenters. The summed E-state index contributed by atoms with van der Waals surface area (Å²) in [6.45, 7) is 2.50. The second-order valence-electron chi connectivity index (χ2n) is 7.91. The van der Waals surface area contributed by atoms with E-state index in [0.29, 0.717) is 13.2 Å². The monoisotopic (exact) mass is 422 g/mol. The van der Waals surface area contributed by atoms with Gasteiger partial charge in [0.1, 0.15) is 24.7 Å². The minimum Gasteiger partial charge on any atom is -0.487 e. The van der Waals surface area contributed by atoms with Gasteiger partial charge < -0.3 is 20.1 Å². The molecule has 4 aliphatic rings. The molecule has 0 fully saturated rings. The number of para-hydroxylation sites is 4. The van der Waals surface area contributed by atoms with Gasteiger partial charge in [0.2, 0.25) is 0 Å². The summed E-state index contributed by atoms with van der Waals surface area (Å²) in [5.41, 5.74) is 6.67. The van der Waals surface area contributed by atoms with Crippen LogP contribution in [0.15, 0.2) is 97.1 Å². The van der Waals surface area contributed by atoms with E-state index >= 15 is 0 Å². The maximum Gasteiger partial charge on any atom is 0.142 e. The van der Waals surface area contributed by atoms with Gasteiger partial charge in [-0.3, -0.25) is 0 Å². The van der Waals surface area contributed by atoms with Gasteiger partial charge in [0, 0.05) is 13.1 Å². The molecule has 4 heterocycles. The zero-order valence-corrected chi connectivity index (χ0v) is 17.9. The van der Waals surface area contributed by atoms with E-state index in [1.54, 1.807) is 0 Å². The molecule has 0 saturated heterocycles. The van der Waals surface area contributed by atoms with Gasteiger partial charge in [0.15, 0.2) is 0 Å². The van der Waals surface area contributed by atoms with Gasteiger partial charge >= 0.3 is 0 Å². The van der Waals surface area contributed by atoms with Gasteiger partial charge in [-0.15, -0.1) is 0 Å². The maximum atomic E-state index is 6.12. The summed E-state index contributed by atoms with van der Waals surface area (Å²) in [5, 5.41) is 7.02. The first-order chi connectivity index (χ1) is 15.8. The van der Waals surface area contributed by atoms with Crippen LogP contribution in [0.4, 0.5) is 11.4 Å². The van der Waals surface area contributed by atoms with Crippen molar-refractivity contribution >= 4 is 11.4 Å². The highest BCUT2D eigenvalue weighted by atomic mass is 16.5. The summed E-state index contributed by atoms with van der Waals surface area (Å²) in [4.78, 5) is 0. The average Bonchev–Trinajstić information content (AvgIpc) is 2.85. The van der Waals surface area contributed by atoms with E-state index in [1.165, 1.54) is 11.1 Å². The fourth-order valence-electron chi connectivity index (χ4n) is 3.70. The Bertz CT molecular complexity index is 984. The van der Waals surface area contributed by atoms with Crippen LogP contribution in [-0.2, 0) is 26.3 Å². The first-order valence-corrected chi connectivity index (χ1v) is 10.9. The molecule has 0 amide bonds. The predicted octanol–water partition coefficient (Wildman–Crippen LogP) is 6.38. The van der Waals surface area contributed by atoms with E-state index < -0.39 is 0 Å². The second kappa shape index (κ2) is 9.48. The van der Waals surface area contributed by atoms with Crippen molar-refractivity contribution in [2.45, 2.75) is 26.3 Å². The summed E-state index contributed by atoms with van der Waals surface area (Å²) in [7, 11) is 0. The molecule has 0 unspecified atom stereocenters. The number of hydrogen-bond donors (Lipinski definition) is 2. The molecule has 0 spiro atoms. The highest BCUT2D eigenvalue weighted by molar-refractivity contribution is 5.57. The lowest BCUT2D eigenvalue weighted by Gasteiger charge is -2.16. The predicted molar refractivity (Wildman–Crippen MR) is 129 cm³/mol. The molecule has 0 aliphatic carbocycles. The van der Waals surface area contributed by atoms with Crippen molar-refractivity contribution in [3.05, 3.63) is 119 Å². The Morgan fingerprint density at radius 1 is 0.438 bits per heavy atom. The molecule has 4 bridgehead atoms. The fraction of sp³-hybridized carbons (Fsp3) is 0.143. The Hall–Kier alpha value is -3.92. The maximum absolute atomic E-state index is 6.12. The Kier molecular flexibility index (Phi) is 5.93. The quantitative estimate of drug-likeness (QED) is 0.345. The van der Waals surface area contributed by atoms with E-state index in [4.69, 9.17) is 9.47 Å². The number of ether oxygens (including phenoxy) is 2. The molecular weight excluding hydrogens is 396 g/mol.